The van der Waals surface area contributed by atoms with E-state index in [1.165, 1.54) is 133 Å². The molecule has 0 N–H and O–H groups in total. The molecule has 12 aromatic carbocycles. The highest BCUT2D eigenvalue weighted by molar-refractivity contribution is 7.26. The molecule has 4 nitrogen and oxygen atoms in total. The van der Waals surface area contributed by atoms with E-state index in [2.05, 4.69) is 232 Å². The molecule has 0 bridgehead atoms. The van der Waals surface area contributed by atoms with Gasteiger partial charge in [0.2, 0.25) is 0 Å². The number of fused-ring (bicyclic) bond motifs is 14. The second-order valence-electron chi connectivity index (χ2n) is 24.5. The van der Waals surface area contributed by atoms with Crippen molar-refractivity contribution in [1.82, 2.24) is 0 Å². The van der Waals surface area contributed by atoms with Crippen molar-refractivity contribution < 1.29 is 18.3 Å². The monoisotopic (exact) mass is 1190 g/mol. The molecule has 0 amide bonds. The number of para-hydroxylation sites is 2. The van der Waals surface area contributed by atoms with Crippen LogP contribution in [0.25, 0.3) is 151 Å². The molecule has 0 fully saturated rings. The van der Waals surface area contributed by atoms with Crippen LogP contribution in [0.5, 0.6) is 23.0 Å². The van der Waals surface area contributed by atoms with Crippen LogP contribution in [-0.2, 0) is 0 Å². The van der Waals surface area contributed by atoms with Crippen LogP contribution in [0, 0.1) is 13.8 Å². The Balaban J connectivity index is 0.671. The number of furan rings is 2. The van der Waals surface area contributed by atoms with Gasteiger partial charge in [-0.15, -0.1) is 34.0 Å². The Labute approximate surface area is 523 Å². The summed E-state index contributed by atoms with van der Waals surface area (Å²) < 4.78 is 32.7. The van der Waals surface area contributed by atoms with E-state index < -0.39 is 0 Å². The molecule has 21 rings (SSSR count). The molecule has 9 heteroatoms. The molecule has 0 atom stereocenters. The Kier molecular flexibility index (Phi) is 9.77. The first-order chi connectivity index (χ1) is 43.8. The summed E-state index contributed by atoms with van der Waals surface area (Å²) in [5, 5.41) is 9.79. The van der Waals surface area contributed by atoms with E-state index in [9.17, 15) is 0 Å². The van der Waals surface area contributed by atoms with Gasteiger partial charge in [-0.2, -0.15) is 0 Å². The number of thiophene rings is 3. The highest BCUT2D eigenvalue weighted by atomic mass is 32.1. The van der Waals surface area contributed by atoms with Gasteiger partial charge >= 0.3 is 0 Å². The second-order valence-corrected chi connectivity index (χ2v) is 28.1. The van der Waals surface area contributed by atoms with Gasteiger partial charge in [-0.3, -0.25) is 0 Å². The topological polar surface area (TPSA) is 44.7 Å². The number of hydrogen-bond donors (Lipinski definition) is 0. The molecule has 0 aliphatic carbocycles. The van der Waals surface area contributed by atoms with Crippen molar-refractivity contribution in [3.8, 4) is 101 Å². The van der Waals surface area contributed by atoms with Crippen LogP contribution in [0.15, 0.2) is 239 Å². The summed E-state index contributed by atoms with van der Waals surface area (Å²) in [7, 11) is 0. The number of hydrogen-bond acceptors (Lipinski definition) is 7. The summed E-state index contributed by atoms with van der Waals surface area (Å²) in [5.41, 5.74) is 23.5. The molecule has 89 heavy (non-hydrogen) atoms. The van der Waals surface area contributed by atoms with E-state index in [0.29, 0.717) is 0 Å². The van der Waals surface area contributed by atoms with Crippen LogP contribution >= 0.6 is 34.0 Å². The Morgan fingerprint density at radius 3 is 1.79 bits per heavy atom. The average molecular weight is 1190 g/mol. The molecule has 0 spiro atoms. The summed E-state index contributed by atoms with van der Waals surface area (Å²) >= 11 is 5.60. The largest absolute Gasteiger partial charge is 0.458 e. The van der Waals surface area contributed by atoms with E-state index in [0.717, 1.165) is 84.3 Å². The summed E-state index contributed by atoms with van der Waals surface area (Å²) in [5.74, 6) is 5.31. The molecular weight excluding hydrogens is 1140 g/mol. The first-order valence-corrected chi connectivity index (χ1v) is 32.8. The lowest BCUT2D eigenvalue weighted by atomic mass is 9.33. The van der Waals surface area contributed by atoms with Crippen molar-refractivity contribution in [2.24, 2.45) is 0 Å². The fourth-order valence-corrected chi connectivity index (χ4v) is 19.2. The van der Waals surface area contributed by atoms with E-state index in [-0.39, 0.29) is 13.4 Å². The molecule has 0 unspecified atom stereocenters. The maximum absolute atomic E-state index is 7.32. The minimum atomic E-state index is -0.0158. The maximum atomic E-state index is 7.32. The van der Waals surface area contributed by atoms with E-state index in [1.54, 1.807) is 0 Å². The summed E-state index contributed by atoms with van der Waals surface area (Å²) in [6.07, 6.45) is 0. The van der Waals surface area contributed by atoms with Gasteiger partial charge in [0.25, 0.3) is 13.4 Å². The smallest absolute Gasteiger partial charge is 0.252 e. The third-order valence-electron chi connectivity index (χ3n) is 19.7. The normalized spacial score (nSPS) is 13.2. The zero-order chi connectivity index (χ0) is 58.1. The number of rotatable bonds is 5. The SMILES string of the molecule is Cc1sc2cccc3c2c1-c1cc(-c2cc(-c4ccccc4)cc4ccccc24)cc2c1B3c1cc3c(cc1O2)sc1ccc(-c2ccc4oc(-c5cc6c7c(c5)-c5c(C)sc8cc(-c9cc%10ccccc%10o9)cc(c58)B7c5ccccc5O6)cc4c2)cc13. The molecule has 0 saturated heterocycles. The van der Waals surface area contributed by atoms with Gasteiger partial charge in [0.15, 0.2) is 0 Å². The first kappa shape index (κ1) is 48.9. The van der Waals surface area contributed by atoms with Crippen LogP contribution < -0.4 is 42.3 Å². The predicted molar refractivity (Wildman–Crippen MR) is 377 cm³/mol. The molecule has 9 heterocycles. The molecule has 17 aromatic rings. The van der Waals surface area contributed by atoms with Crippen molar-refractivity contribution in [2.45, 2.75) is 13.8 Å². The van der Waals surface area contributed by atoms with Crippen LogP contribution in [0.1, 0.15) is 9.75 Å². The van der Waals surface area contributed by atoms with Gasteiger partial charge in [0.1, 0.15) is 45.7 Å². The van der Waals surface area contributed by atoms with Gasteiger partial charge in [-0.05, 0) is 205 Å². The zero-order valence-electron chi connectivity index (χ0n) is 48.0. The quantitative estimate of drug-likeness (QED) is 0.161. The fourth-order valence-electron chi connectivity index (χ4n) is 15.8. The van der Waals surface area contributed by atoms with E-state index in [1.807, 2.05) is 46.1 Å². The lowest BCUT2D eigenvalue weighted by molar-refractivity contribution is 0.487. The molecule has 4 aliphatic rings. The standard InChI is InChI=1S/C80H44B2O4S3/c1-41-75-57-31-49(54-30-48(43-13-4-3-5-14-43)28-46-15-6-8-17-53(46)54)35-69-80(57)82(60-19-12-22-72(87-41)77(60)75)61-39-56-55-29-45(24-26-71(55)89-73(56)40-68(61)86-69)44-23-25-64-50(27-44)36-67(84-64)51-32-58-76-42(2)88-74-38-52(66-34-47-16-7-10-20-63(47)83-66)33-62(78(74)76)81-59-18-9-11-21-65(59)85-70(37-51)79(58)81/h3-40H,1-2H3. The Morgan fingerprint density at radius 2 is 0.933 bits per heavy atom. The van der Waals surface area contributed by atoms with Gasteiger partial charge < -0.3 is 18.3 Å². The summed E-state index contributed by atoms with van der Waals surface area (Å²) in [6, 6.07) is 84.8. The molecule has 5 aromatic heterocycles. The summed E-state index contributed by atoms with van der Waals surface area (Å²) in [6.45, 7) is 4.54. The molecular formula is C80H44B2O4S3. The molecule has 4 aliphatic heterocycles. The van der Waals surface area contributed by atoms with Gasteiger partial charge in [-0.1, -0.05) is 138 Å². The Bertz CT molecular complexity index is 6020. The minimum absolute atomic E-state index is 0.00198. The molecule has 0 radical (unpaired) electrons. The predicted octanol–water partition coefficient (Wildman–Crippen LogP) is 19.3. The second kappa shape index (κ2) is 17.8. The third-order valence-corrected chi connectivity index (χ3v) is 22.9. The first-order valence-electron chi connectivity index (χ1n) is 30.4. The minimum Gasteiger partial charge on any atom is -0.458 e. The van der Waals surface area contributed by atoms with Gasteiger partial charge in [-0.25, -0.2) is 0 Å². The molecule has 412 valence electrons. The van der Waals surface area contributed by atoms with Crippen LogP contribution in [0.3, 0.4) is 0 Å². The summed E-state index contributed by atoms with van der Waals surface area (Å²) in [4.78, 5) is 2.61. The lowest BCUT2D eigenvalue weighted by Gasteiger charge is -2.33. The third kappa shape index (κ3) is 6.90. The fraction of sp³-hybridized carbons (Fsp3) is 0.0250. The molecule has 0 saturated carbocycles. The zero-order valence-corrected chi connectivity index (χ0v) is 50.4. The van der Waals surface area contributed by atoms with E-state index >= 15 is 0 Å². The average Bonchev–Trinajstić information content (AvgIpc) is 1.71. The number of ether oxygens (including phenoxy) is 2. The van der Waals surface area contributed by atoms with Crippen LogP contribution in [0.2, 0.25) is 0 Å². The van der Waals surface area contributed by atoms with Crippen LogP contribution in [-0.4, -0.2) is 13.4 Å². The van der Waals surface area contributed by atoms with Crippen molar-refractivity contribution in [1.29, 1.82) is 0 Å². The van der Waals surface area contributed by atoms with Crippen molar-refractivity contribution in [3.05, 3.63) is 240 Å². The number of benzene rings is 12. The highest BCUT2D eigenvalue weighted by Crippen LogP contribution is 2.50. The van der Waals surface area contributed by atoms with Crippen molar-refractivity contribution in [2.75, 3.05) is 0 Å². The Hall–Kier alpha value is -10.2. The highest BCUT2D eigenvalue weighted by Gasteiger charge is 2.43. The number of aryl methyl sites for hydroxylation is 2. The van der Waals surface area contributed by atoms with Crippen LogP contribution in [0.4, 0.5) is 0 Å². The maximum Gasteiger partial charge on any atom is 0.252 e. The van der Waals surface area contributed by atoms with Gasteiger partial charge in [0, 0.05) is 72.4 Å². The van der Waals surface area contributed by atoms with E-state index in [4.69, 9.17) is 18.3 Å². The van der Waals surface area contributed by atoms with Crippen molar-refractivity contribution in [3.63, 3.8) is 0 Å². The lowest BCUT2D eigenvalue weighted by Crippen LogP contribution is -2.57. The van der Waals surface area contributed by atoms with Gasteiger partial charge in [0.05, 0.1) is 0 Å². The van der Waals surface area contributed by atoms with Crippen molar-refractivity contribution >= 4 is 153 Å². The Morgan fingerprint density at radius 1 is 0.303 bits per heavy atom.